The monoisotopic (exact) mass is 430 g/mol. The molecule has 0 heterocycles. The lowest BCUT2D eigenvalue weighted by Gasteiger charge is -2.43. The molecule has 4 heteroatoms. The second-order valence-electron chi connectivity index (χ2n) is 13.0. The van der Waals surface area contributed by atoms with E-state index in [1.54, 1.807) is 0 Å². The molecule has 1 spiro atoms. The van der Waals surface area contributed by atoms with Crippen molar-refractivity contribution in [1.82, 2.24) is 0 Å². The van der Waals surface area contributed by atoms with Gasteiger partial charge in [-0.2, -0.15) is 0 Å². The normalized spacial score (nSPS) is 45.0. The first kappa shape index (κ1) is 22.5. The quantitative estimate of drug-likeness (QED) is 0.567. The molecule has 1 N–H and O–H groups in total. The summed E-state index contributed by atoms with van der Waals surface area (Å²) in [4.78, 5) is 14.5. The lowest BCUT2D eigenvalue weighted by Crippen LogP contribution is -2.51. The van der Waals surface area contributed by atoms with Gasteiger partial charge in [0.15, 0.2) is 14.1 Å². The van der Waals surface area contributed by atoms with E-state index >= 15 is 0 Å². The summed E-state index contributed by atoms with van der Waals surface area (Å²) >= 11 is 0. The van der Waals surface area contributed by atoms with E-state index in [9.17, 15) is 9.90 Å². The number of aliphatic hydroxyl groups excluding tert-OH is 1. The number of hydrogen-bond donors (Lipinski definition) is 1. The van der Waals surface area contributed by atoms with E-state index < -0.39 is 19.8 Å². The molecule has 4 rings (SSSR count). The minimum atomic E-state index is -2.11. The Morgan fingerprint density at radius 3 is 2.37 bits per heavy atom. The number of carbonyl (C=O) groups excluding carboxylic acids is 1. The zero-order valence-electron chi connectivity index (χ0n) is 20.7. The van der Waals surface area contributed by atoms with Gasteiger partial charge in [0.1, 0.15) is 0 Å². The van der Waals surface area contributed by atoms with Crippen molar-refractivity contribution in [2.24, 2.45) is 40.4 Å². The first-order valence-electron chi connectivity index (χ1n) is 11.9. The highest BCUT2D eigenvalue weighted by molar-refractivity contribution is 6.74. The Morgan fingerprint density at radius 2 is 1.80 bits per heavy atom. The Kier molecular flexibility index (Phi) is 4.81. The molecule has 3 saturated carbocycles. The van der Waals surface area contributed by atoms with Crippen LogP contribution in [0.2, 0.25) is 18.1 Å². The van der Waals surface area contributed by atoms with Crippen LogP contribution < -0.4 is 0 Å². The lowest BCUT2D eigenvalue weighted by molar-refractivity contribution is -0.134. The number of Topliss-reactive ketones (excluding diaryl/α,β-unsaturated/α-hetero) is 1. The van der Waals surface area contributed by atoms with Crippen molar-refractivity contribution >= 4 is 14.1 Å². The average molecular weight is 431 g/mol. The highest BCUT2D eigenvalue weighted by atomic mass is 28.4. The van der Waals surface area contributed by atoms with E-state index in [1.165, 1.54) is 0 Å². The minimum Gasteiger partial charge on any atom is -0.413 e. The summed E-state index contributed by atoms with van der Waals surface area (Å²) in [6.45, 7) is 22.4. The molecule has 0 amide bonds. The molecule has 4 aliphatic rings. The van der Waals surface area contributed by atoms with Crippen molar-refractivity contribution in [3.63, 3.8) is 0 Å². The summed E-state index contributed by atoms with van der Waals surface area (Å²) in [7, 11) is -2.11. The molecule has 3 nitrogen and oxygen atoms in total. The second-order valence-corrected chi connectivity index (χ2v) is 17.7. The minimum absolute atomic E-state index is 0.0623. The number of aliphatic hydroxyl groups is 1. The van der Waals surface area contributed by atoms with Crippen molar-refractivity contribution in [3.05, 3.63) is 23.3 Å². The average Bonchev–Trinajstić information content (AvgIpc) is 2.98. The van der Waals surface area contributed by atoms with Crippen LogP contribution in [0.1, 0.15) is 61.8 Å². The summed E-state index contributed by atoms with van der Waals surface area (Å²) in [6, 6.07) is 0. The number of allylic oxidation sites excluding steroid dienone is 3. The van der Waals surface area contributed by atoms with E-state index in [0.29, 0.717) is 17.6 Å². The van der Waals surface area contributed by atoms with Crippen molar-refractivity contribution in [2.75, 3.05) is 0 Å². The maximum Gasteiger partial charge on any atom is 0.192 e. The van der Waals surface area contributed by atoms with Crippen LogP contribution in [0.5, 0.6) is 0 Å². The van der Waals surface area contributed by atoms with Gasteiger partial charge in [-0.1, -0.05) is 66.2 Å². The molecule has 0 aromatic heterocycles. The summed E-state index contributed by atoms with van der Waals surface area (Å²) in [5, 5.41) is 11.7. The highest BCUT2D eigenvalue weighted by Crippen LogP contribution is 2.71. The van der Waals surface area contributed by atoms with Crippen LogP contribution in [0.25, 0.3) is 0 Å². The van der Waals surface area contributed by atoms with Gasteiger partial charge in [-0.25, -0.2) is 0 Å². The Labute approximate surface area is 184 Å². The van der Waals surface area contributed by atoms with Crippen LogP contribution in [-0.2, 0) is 9.22 Å². The molecule has 30 heavy (non-hydrogen) atoms. The van der Waals surface area contributed by atoms with Gasteiger partial charge in [-0.05, 0) is 60.2 Å². The molecule has 1 unspecified atom stereocenters. The molecule has 0 radical (unpaired) electrons. The van der Waals surface area contributed by atoms with Crippen molar-refractivity contribution in [1.29, 1.82) is 0 Å². The number of hydrogen-bond acceptors (Lipinski definition) is 3. The van der Waals surface area contributed by atoms with Crippen LogP contribution in [-0.4, -0.2) is 31.4 Å². The highest BCUT2D eigenvalue weighted by Gasteiger charge is 2.71. The SMILES string of the molecule is CC1=C[C@@]23C(=O)[C@H](C4[C@@H](C[C@H]2C)C4(C)C)[C@H](O[Si](C)(C)C(C)(C)C)[C@H](C)[C@@H](O)C3=C1. The van der Waals surface area contributed by atoms with E-state index in [0.717, 1.165) is 17.6 Å². The predicted molar refractivity (Wildman–Crippen MR) is 125 cm³/mol. The molecular weight excluding hydrogens is 388 g/mol. The van der Waals surface area contributed by atoms with Crippen LogP contribution in [0.3, 0.4) is 0 Å². The first-order valence-corrected chi connectivity index (χ1v) is 14.8. The molecule has 3 fully saturated rings. The number of ketones is 1. The Balaban J connectivity index is 1.89. The molecule has 0 saturated heterocycles. The molecule has 0 aromatic rings. The van der Waals surface area contributed by atoms with Gasteiger partial charge in [0.2, 0.25) is 0 Å². The first-order chi connectivity index (χ1) is 13.6. The van der Waals surface area contributed by atoms with E-state index in [1.807, 2.05) is 0 Å². The third kappa shape index (κ3) is 2.78. The zero-order chi connectivity index (χ0) is 22.6. The summed E-state index contributed by atoms with van der Waals surface area (Å²) in [5.74, 6) is 1.21. The zero-order valence-corrected chi connectivity index (χ0v) is 21.7. The predicted octanol–water partition coefficient (Wildman–Crippen LogP) is 5.76. The van der Waals surface area contributed by atoms with Crippen LogP contribution in [0.15, 0.2) is 23.3 Å². The van der Waals surface area contributed by atoms with Crippen molar-refractivity contribution in [2.45, 2.75) is 92.2 Å². The fraction of sp³-hybridized carbons (Fsp3) is 0.808. The smallest absolute Gasteiger partial charge is 0.192 e. The Hall–Kier alpha value is -0.713. The van der Waals surface area contributed by atoms with Gasteiger partial charge in [0, 0.05) is 11.8 Å². The standard InChI is InChI=1S/C26H42O3Si/c1-14-11-18-21(27)16(3)22(29-30(9,10)24(4,5)6)19-20-17(25(20,7)8)12-15(2)26(18,13-14)23(19)28/h11,13,15-17,19-22,27H,12H2,1-10H3/t15-,16-,17-,19-,20?,21-,22-,26-/m1/s1. The van der Waals surface area contributed by atoms with Crippen LogP contribution >= 0.6 is 0 Å². The summed E-state index contributed by atoms with van der Waals surface area (Å²) in [5.41, 5.74) is 1.59. The van der Waals surface area contributed by atoms with Crippen LogP contribution in [0, 0.1) is 40.4 Å². The number of fused-ring (bicyclic) bond motifs is 3. The molecule has 8 atom stereocenters. The second kappa shape index (κ2) is 6.42. The van der Waals surface area contributed by atoms with Crippen molar-refractivity contribution < 1.29 is 14.3 Å². The van der Waals surface area contributed by atoms with Gasteiger partial charge in [0.25, 0.3) is 0 Å². The van der Waals surface area contributed by atoms with E-state index in [-0.39, 0.29) is 34.3 Å². The van der Waals surface area contributed by atoms with Gasteiger partial charge >= 0.3 is 0 Å². The van der Waals surface area contributed by atoms with E-state index in [2.05, 4.69) is 80.6 Å². The fourth-order valence-electron chi connectivity index (χ4n) is 6.86. The molecule has 0 aromatic carbocycles. The number of carbonyl (C=O) groups is 1. The molecule has 4 aliphatic carbocycles. The third-order valence-corrected chi connectivity index (χ3v) is 14.3. The molecule has 2 bridgehead atoms. The van der Waals surface area contributed by atoms with Crippen molar-refractivity contribution in [3.8, 4) is 0 Å². The van der Waals surface area contributed by atoms with Gasteiger partial charge in [-0.15, -0.1) is 0 Å². The Morgan fingerprint density at radius 1 is 1.20 bits per heavy atom. The maximum absolute atomic E-state index is 14.5. The molecule has 168 valence electrons. The Bertz CT molecular complexity index is 830. The largest absolute Gasteiger partial charge is 0.413 e. The summed E-state index contributed by atoms with van der Waals surface area (Å²) < 4.78 is 7.04. The third-order valence-electron chi connectivity index (χ3n) is 9.86. The number of rotatable bonds is 2. The topological polar surface area (TPSA) is 46.5 Å². The van der Waals surface area contributed by atoms with E-state index in [4.69, 9.17) is 4.43 Å². The molecular formula is C26H42O3Si. The van der Waals surface area contributed by atoms with Crippen LogP contribution in [0.4, 0.5) is 0 Å². The summed E-state index contributed by atoms with van der Waals surface area (Å²) in [6.07, 6.45) is 4.48. The van der Waals surface area contributed by atoms with Gasteiger partial charge in [0.05, 0.1) is 17.6 Å². The van der Waals surface area contributed by atoms with Gasteiger partial charge in [-0.3, -0.25) is 4.79 Å². The fourth-order valence-corrected chi connectivity index (χ4v) is 8.25. The maximum atomic E-state index is 14.5. The lowest BCUT2D eigenvalue weighted by atomic mass is 9.65. The molecule has 0 aliphatic heterocycles. The van der Waals surface area contributed by atoms with Gasteiger partial charge < -0.3 is 9.53 Å².